The van der Waals surface area contributed by atoms with Gasteiger partial charge >= 0.3 is 0 Å². The molecule has 2 N–H and O–H groups in total. The first kappa shape index (κ1) is 23.4. The molecule has 3 aliphatic rings. The van der Waals surface area contributed by atoms with Gasteiger partial charge < -0.3 is 19.9 Å². The topological polar surface area (TPSA) is 117 Å². The van der Waals surface area contributed by atoms with Crippen molar-refractivity contribution in [3.8, 4) is 0 Å². The van der Waals surface area contributed by atoms with E-state index in [0.29, 0.717) is 17.8 Å². The van der Waals surface area contributed by atoms with E-state index in [-0.39, 0.29) is 42.4 Å². The van der Waals surface area contributed by atoms with Crippen LogP contribution in [0.25, 0.3) is 6.08 Å². The van der Waals surface area contributed by atoms with Gasteiger partial charge in [0.15, 0.2) is 0 Å². The zero-order valence-corrected chi connectivity index (χ0v) is 19.8. The fourth-order valence-corrected chi connectivity index (χ4v) is 6.14. The highest BCUT2D eigenvalue weighted by atomic mass is 16.3. The smallest absolute Gasteiger partial charge is 0.258 e. The SMILES string of the molecule is C/C=C\c1ccc2n(c1=O)C[C@H]1[C@H](CO)[C@@H](C(=O)NCc3ccncn3)N(C(=O)C3CCCC3)[C@@H]21. The second-order valence-corrected chi connectivity index (χ2v) is 9.67. The van der Waals surface area contributed by atoms with Gasteiger partial charge in [-0.25, -0.2) is 9.97 Å². The van der Waals surface area contributed by atoms with Crippen LogP contribution in [0.1, 0.15) is 55.6 Å². The van der Waals surface area contributed by atoms with Gasteiger partial charge in [-0.05, 0) is 38.0 Å². The van der Waals surface area contributed by atoms with E-state index in [1.165, 1.54) is 6.33 Å². The highest BCUT2D eigenvalue weighted by molar-refractivity contribution is 5.90. The summed E-state index contributed by atoms with van der Waals surface area (Å²) in [6, 6.07) is 4.18. The Hall–Kier alpha value is -3.33. The minimum absolute atomic E-state index is 0.0472. The van der Waals surface area contributed by atoms with Crippen LogP contribution in [-0.2, 0) is 22.7 Å². The van der Waals surface area contributed by atoms with E-state index < -0.39 is 18.0 Å². The second-order valence-electron chi connectivity index (χ2n) is 9.67. The number of amides is 2. The molecule has 1 saturated heterocycles. The lowest BCUT2D eigenvalue weighted by molar-refractivity contribution is -0.145. The van der Waals surface area contributed by atoms with E-state index in [0.717, 1.165) is 31.4 Å². The summed E-state index contributed by atoms with van der Waals surface area (Å²) in [6.07, 6.45) is 10.2. The summed E-state index contributed by atoms with van der Waals surface area (Å²) in [5.41, 5.74) is 1.88. The molecule has 9 heteroatoms. The maximum atomic E-state index is 13.9. The number of aliphatic hydroxyl groups is 1. The van der Waals surface area contributed by atoms with Gasteiger partial charge in [0.2, 0.25) is 11.8 Å². The van der Waals surface area contributed by atoms with Gasteiger partial charge in [-0.1, -0.05) is 25.0 Å². The summed E-state index contributed by atoms with van der Waals surface area (Å²) in [5, 5.41) is 13.4. The molecule has 1 saturated carbocycles. The molecule has 0 radical (unpaired) electrons. The van der Waals surface area contributed by atoms with Crippen LogP contribution in [0.3, 0.4) is 0 Å². The molecule has 4 atom stereocenters. The summed E-state index contributed by atoms with van der Waals surface area (Å²) in [6.45, 7) is 2.20. The summed E-state index contributed by atoms with van der Waals surface area (Å²) in [7, 11) is 0. The third kappa shape index (κ3) is 4.07. The molecule has 184 valence electrons. The molecular formula is C26H31N5O4. The number of likely N-dealkylation sites (tertiary alicyclic amines) is 1. The van der Waals surface area contributed by atoms with Gasteiger partial charge in [0.1, 0.15) is 12.4 Å². The number of carbonyl (C=O) groups excluding carboxylic acids is 2. The van der Waals surface area contributed by atoms with Crippen molar-refractivity contribution >= 4 is 17.9 Å². The Morgan fingerprint density at radius 3 is 2.71 bits per heavy atom. The quantitative estimate of drug-likeness (QED) is 0.654. The van der Waals surface area contributed by atoms with Crippen molar-refractivity contribution in [3.05, 3.63) is 64.1 Å². The Balaban J connectivity index is 1.52. The molecule has 0 unspecified atom stereocenters. The Morgan fingerprint density at radius 2 is 2.03 bits per heavy atom. The molecule has 2 aromatic heterocycles. The molecule has 2 aromatic rings. The number of fused-ring (bicyclic) bond motifs is 3. The molecule has 1 aliphatic carbocycles. The molecule has 35 heavy (non-hydrogen) atoms. The van der Waals surface area contributed by atoms with E-state index in [1.807, 2.05) is 19.1 Å². The summed E-state index contributed by atoms with van der Waals surface area (Å²) in [5.74, 6) is -1.17. The first-order valence-electron chi connectivity index (χ1n) is 12.4. The number of nitrogens with zero attached hydrogens (tertiary/aromatic N) is 4. The average molecular weight is 478 g/mol. The number of rotatable bonds is 6. The zero-order valence-electron chi connectivity index (χ0n) is 19.8. The summed E-state index contributed by atoms with van der Waals surface area (Å²) in [4.78, 5) is 50.3. The van der Waals surface area contributed by atoms with E-state index >= 15 is 0 Å². The zero-order chi connectivity index (χ0) is 24.5. The number of pyridine rings is 1. The molecule has 5 rings (SSSR count). The van der Waals surface area contributed by atoms with Gasteiger partial charge in [0.25, 0.3) is 5.56 Å². The molecular weight excluding hydrogens is 446 g/mol. The third-order valence-corrected chi connectivity index (χ3v) is 7.77. The predicted octanol–water partition coefficient (Wildman–Crippen LogP) is 1.67. The van der Waals surface area contributed by atoms with Crippen molar-refractivity contribution in [2.24, 2.45) is 17.8 Å². The minimum atomic E-state index is -0.802. The second kappa shape index (κ2) is 9.73. The monoisotopic (exact) mass is 477 g/mol. The lowest BCUT2D eigenvalue weighted by atomic mass is 9.88. The van der Waals surface area contributed by atoms with E-state index in [4.69, 9.17) is 0 Å². The molecule has 0 bridgehead atoms. The normalized spacial score (nSPS) is 25.7. The molecule has 9 nitrogen and oxygen atoms in total. The molecule has 2 fully saturated rings. The van der Waals surface area contributed by atoms with Crippen molar-refractivity contribution < 1.29 is 14.7 Å². The molecule has 2 aliphatic heterocycles. The number of hydrogen-bond donors (Lipinski definition) is 2. The number of aliphatic hydroxyl groups excluding tert-OH is 1. The Bertz CT molecular complexity index is 1190. The van der Waals surface area contributed by atoms with Crippen LogP contribution in [0.5, 0.6) is 0 Å². The summed E-state index contributed by atoms with van der Waals surface area (Å²) < 4.78 is 1.72. The maximum absolute atomic E-state index is 13.9. The number of nitrogens with one attached hydrogen (secondary N) is 1. The molecule has 0 spiro atoms. The van der Waals surface area contributed by atoms with Gasteiger partial charge in [-0.2, -0.15) is 0 Å². The number of hydrogen-bond acceptors (Lipinski definition) is 6. The largest absolute Gasteiger partial charge is 0.396 e. The van der Waals surface area contributed by atoms with E-state index in [2.05, 4.69) is 15.3 Å². The van der Waals surface area contributed by atoms with Crippen LogP contribution in [0.15, 0.2) is 41.6 Å². The lowest BCUT2D eigenvalue weighted by Crippen LogP contribution is -2.51. The van der Waals surface area contributed by atoms with Crippen LogP contribution >= 0.6 is 0 Å². The first-order chi connectivity index (χ1) is 17.0. The van der Waals surface area contributed by atoms with Crippen molar-refractivity contribution in [2.45, 2.75) is 57.8 Å². The van der Waals surface area contributed by atoms with Gasteiger partial charge in [0, 0.05) is 48.4 Å². The number of allylic oxidation sites excluding steroid dienone is 1. The molecule has 2 amide bonds. The summed E-state index contributed by atoms with van der Waals surface area (Å²) >= 11 is 0. The van der Waals surface area contributed by atoms with Crippen LogP contribution in [0.2, 0.25) is 0 Å². The van der Waals surface area contributed by atoms with E-state index in [9.17, 15) is 19.5 Å². The van der Waals surface area contributed by atoms with E-state index in [1.54, 1.807) is 33.9 Å². The molecule has 4 heterocycles. The average Bonchev–Trinajstić information content (AvgIpc) is 3.60. The van der Waals surface area contributed by atoms with Gasteiger partial charge in [-0.15, -0.1) is 0 Å². The minimum Gasteiger partial charge on any atom is -0.396 e. The highest BCUT2D eigenvalue weighted by Crippen LogP contribution is 2.50. The first-order valence-corrected chi connectivity index (χ1v) is 12.4. The van der Waals surface area contributed by atoms with Crippen LogP contribution in [-0.4, -0.2) is 49.0 Å². The highest BCUT2D eigenvalue weighted by Gasteiger charge is 2.58. The Morgan fingerprint density at radius 1 is 1.23 bits per heavy atom. The van der Waals surface area contributed by atoms with Crippen LogP contribution < -0.4 is 10.9 Å². The lowest BCUT2D eigenvalue weighted by Gasteiger charge is -2.33. The van der Waals surface area contributed by atoms with Gasteiger partial charge in [-0.3, -0.25) is 14.4 Å². The fraction of sp³-hybridized carbons (Fsp3) is 0.500. The van der Waals surface area contributed by atoms with Crippen molar-refractivity contribution in [2.75, 3.05) is 6.61 Å². The number of carbonyl (C=O) groups is 2. The third-order valence-electron chi connectivity index (χ3n) is 7.77. The van der Waals surface area contributed by atoms with Crippen LogP contribution in [0, 0.1) is 17.8 Å². The Labute approximate surface area is 203 Å². The van der Waals surface area contributed by atoms with Crippen molar-refractivity contribution in [1.82, 2.24) is 24.8 Å². The predicted molar refractivity (Wildman–Crippen MR) is 129 cm³/mol. The number of aromatic nitrogens is 3. The standard InChI is InChI=1S/C26H31N5O4/c1-2-5-16-8-9-21-22-19(13-30(21)25(16)34)20(14-32)23(31(22)26(35)17-6-3-4-7-17)24(33)28-12-18-10-11-27-15-29-18/h2,5,8-11,15,17,19-20,22-23,32H,3-4,6-7,12-14H2,1H3,(H,28,33)/b5-2-/t19-,20-,22+,23-/m0/s1. The van der Waals surface area contributed by atoms with Crippen LogP contribution in [0.4, 0.5) is 0 Å². The maximum Gasteiger partial charge on any atom is 0.258 e. The van der Waals surface area contributed by atoms with Crippen molar-refractivity contribution in [3.63, 3.8) is 0 Å². The molecule has 0 aromatic carbocycles. The fourth-order valence-electron chi connectivity index (χ4n) is 6.14. The van der Waals surface area contributed by atoms with Gasteiger partial charge in [0.05, 0.1) is 18.3 Å². The van der Waals surface area contributed by atoms with Crippen molar-refractivity contribution in [1.29, 1.82) is 0 Å². The Kier molecular flexibility index (Phi) is 6.51.